The van der Waals surface area contributed by atoms with Gasteiger partial charge in [-0.05, 0) is 47.2 Å². The van der Waals surface area contributed by atoms with E-state index in [9.17, 15) is 46.3 Å². The van der Waals surface area contributed by atoms with Crippen molar-refractivity contribution in [2.75, 3.05) is 0 Å². The van der Waals surface area contributed by atoms with Crippen LogP contribution in [0, 0.1) is 23.3 Å². The van der Waals surface area contributed by atoms with E-state index in [0.29, 0.717) is 24.8 Å². The molecule has 16 heteroatoms. The van der Waals surface area contributed by atoms with Crippen molar-refractivity contribution in [3.8, 4) is 0 Å². The first kappa shape index (κ1) is 28.5. The number of rotatable bonds is 1. The smallest absolute Gasteiger partial charge is 0.268 e. The summed E-state index contributed by atoms with van der Waals surface area (Å²) in [7, 11) is 0. The first-order valence-corrected chi connectivity index (χ1v) is 15.4. The van der Waals surface area contributed by atoms with E-state index >= 15 is 0 Å². The van der Waals surface area contributed by atoms with Gasteiger partial charge in [-0.25, -0.2) is 27.5 Å². The van der Waals surface area contributed by atoms with Crippen molar-refractivity contribution in [3.05, 3.63) is 146 Å². The number of nitrogens with zero attached hydrogens (tertiary/aromatic N) is 6. The normalized spacial score (nSPS) is 12.7. The lowest BCUT2D eigenvalue weighted by molar-refractivity contribution is 0.416. The summed E-state index contributed by atoms with van der Waals surface area (Å²) < 4.78 is 59.9. The van der Waals surface area contributed by atoms with Crippen LogP contribution in [0.1, 0.15) is 0 Å². The zero-order valence-electron chi connectivity index (χ0n) is 25.4. The van der Waals surface area contributed by atoms with E-state index in [1.54, 1.807) is 0 Å². The van der Waals surface area contributed by atoms with Crippen molar-refractivity contribution >= 4 is 87.2 Å². The molecule has 6 aromatic heterocycles. The van der Waals surface area contributed by atoms with Crippen LogP contribution in [0.5, 0.6) is 0 Å². The van der Waals surface area contributed by atoms with E-state index < -0.39 is 84.1 Å². The molecule has 52 heavy (non-hydrogen) atoms. The van der Waals surface area contributed by atoms with Gasteiger partial charge in [0, 0.05) is 10.8 Å². The Balaban J connectivity index is 1.17. The molecule has 0 atom stereocenters. The largest absolute Gasteiger partial charge is 0.281 e. The number of imidazole rings is 2. The van der Waals surface area contributed by atoms with Gasteiger partial charge < -0.3 is 0 Å². The molecule has 0 radical (unpaired) electrons. The predicted molar refractivity (Wildman–Crippen MR) is 182 cm³/mol. The van der Waals surface area contributed by atoms with Crippen molar-refractivity contribution in [3.63, 3.8) is 0 Å². The molecule has 0 aliphatic heterocycles. The molecule has 0 amide bonds. The Bertz CT molecular complexity index is 3900. The molecule has 0 saturated heterocycles. The van der Waals surface area contributed by atoms with Crippen molar-refractivity contribution in [2.24, 2.45) is 0 Å². The molecule has 0 aliphatic rings. The Labute approximate surface area is 278 Å². The number of benzene rings is 5. The third kappa shape index (κ3) is 3.05. The SMILES string of the molecule is O=c1c2cc3c(=O)n4c5cc6ccccc6cc5nc4c3cc2c(=O)n1-n1c(=O)c2cc3c(=O)n4c(nc5c(F)c(F)c(F)c(F)c54)c3cc2c1=O. The molecule has 0 bridgehead atoms. The lowest BCUT2D eigenvalue weighted by Gasteiger charge is -1.99. The Kier molecular flexibility index (Phi) is 4.85. The summed E-state index contributed by atoms with van der Waals surface area (Å²) in [5.74, 6) is -8.01. The topological polar surface area (TPSA) is 147 Å². The zero-order chi connectivity index (χ0) is 35.8. The summed E-state index contributed by atoms with van der Waals surface area (Å²) in [4.78, 5) is 90.6. The van der Waals surface area contributed by atoms with Gasteiger partial charge in [0.05, 0.1) is 43.4 Å². The molecular weight excluding hydrogens is 688 g/mol. The van der Waals surface area contributed by atoms with Crippen LogP contribution >= 0.6 is 0 Å². The molecule has 248 valence electrons. The van der Waals surface area contributed by atoms with Gasteiger partial charge in [0.25, 0.3) is 33.4 Å². The van der Waals surface area contributed by atoms with Crippen LogP contribution in [-0.4, -0.2) is 28.1 Å². The van der Waals surface area contributed by atoms with E-state index in [1.807, 2.05) is 36.4 Å². The van der Waals surface area contributed by atoms with E-state index in [-0.39, 0.29) is 38.0 Å². The highest BCUT2D eigenvalue weighted by Crippen LogP contribution is 2.32. The molecule has 0 N–H and O–H groups in total. The summed E-state index contributed by atoms with van der Waals surface area (Å²) in [5, 5.41) is 0.335. The minimum absolute atomic E-state index is 0.0760. The fraction of sp³-hybridized carbons (Fsp3) is 0. The average molecular weight is 699 g/mol. The number of aromatic nitrogens is 6. The Hall–Kier alpha value is -7.36. The van der Waals surface area contributed by atoms with E-state index in [2.05, 4.69) is 9.97 Å². The monoisotopic (exact) mass is 698 g/mol. The molecule has 6 heterocycles. The molecule has 5 aromatic carbocycles. The highest BCUT2D eigenvalue weighted by atomic mass is 19.2. The lowest BCUT2D eigenvalue weighted by atomic mass is 10.1. The summed E-state index contributed by atoms with van der Waals surface area (Å²) in [5.41, 5.74) is -7.17. The zero-order valence-corrected chi connectivity index (χ0v) is 25.4. The van der Waals surface area contributed by atoms with E-state index in [1.165, 1.54) is 16.5 Å². The number of fused-ring (bicyclic) bond motifs is 13. The van der Waals surface area contributed by atoms with E-state index in [0.717, 1.165) is 22.9 Å². The van der Waals surface area contributed by atoms with Gasteiger partial charge in [-0.1, -0.05) is 24.3 Å². The van der Waals surface area contributed by atoms with Gasteiger partial charge in [-0.15, -0.1) is 0 Å². The van der Waals surface area contributed by atoms with E-state index in [4.69, 9.17) is 0 Å². The molecule has 0 aliphatic carbocycles. The first-order valence-electron chi connectivity index (χ1n) is 15.4. The minimum atomic E-state index is -2.16. The molecule has 12 nitrogen and oxygen atoms in total. The van der Waals surface area contributed by atoms with Gasteiger partial charge in [-0.2, -0.15) is 9.35 Å². The Morgan fingerprint density at radius 2 is 0.885 bits per heavy atom. The molecule has 11 rings (SSSR count). The average Bonchev–Trinajstić information content (AvgIpc) is 3.94. The maximum atomic E-state index is 14.8. The molecule has 0 spiro atoms. The molecule has 0 saturated carbocycles. The quantitative estimate of drug-likeness (QED) is 0.144. The first-order chi connectivity index (χ1) is 25.0. The number of hydrogen-bond acceptors (Lipinski definition) is 8. The predicted octanol–water partition coefficient (Wildman–Crippen LogP) is 3.44. The van der Waals surface area contributed by atoms with Crippen LogP contribution in [0.25, 0.3) is 87.2 Å². The van der Waals surface area contributed by atoms with Gasteiger partial charge >= 0.3 is 0 Å². The van der Waals surface area contributed by atoms with Crippen LogP contribution in [0.3, 0.4) is 0 Å². The molecular formula is C36H10F4N6O6. The van der Waals surface area contributed by atoms with Gasteiger partial charge in [0.1, 0.15) is 22.3 Å². The molecule has 11 aromatic rings. The lowest BCUT2D eigenvalue weighted by Crippen LogP contribution is -2.42. The van der Waals surface area contributed by atoms with Crippen molar-refractivity contribution in [2.45, 2.75) is 0 Å². The van der Waals surface area contributed by atoms with Crippen molar-refractivity contribution in [1.29, 1.82) is 0 Å². The summed E-state index contributed by atoms with van der Waals surface area (Å²) >= 11 is 0. The van der Waals surface area contributed by atoms with Crippen molar-refractivity contribution < 1.29 is 17.6 Å². The maximum Gasteiger partial charge on any atom is 0.281 e. The second-order valence-corrected chi connectivity index (χ2v) is 12.5. The standard InChI is InChI=1S/C36H10F4N6O6/c37-23-24(38)26(40)28-27(25(23)39)42-30-14-8-18-20(10-16(14)32(48)44(28)30)36(52)46(34(18)50)45-33(49)17-7-13-15(9-19(17)35(45)51)31(47)43-22-6-12-4-2-1-3-11(12)5-21(22)41-29(13)43/h1-10H. The van der Waals surface area contributed by atoms with Crippen LogP contribution in [-0.2, 0) is 0 Å². The molecule has 0 fully saturated rings. The minimum Gasteiger partial charge on any atom is -0.268 e. The van der Waals surface area contributed by atoms with Crippen LogP contribution in [0.15, 0.2) is 89.4 Å². The van der Waals surface area contributed by atoms with Crippen LogP contribution < -0.4 is 33.4 Å². The maximum absolute atomic E-state index is 14.8. The highest BCUT2D eigenvalue weighted by molar-refractivity contribution is 6.09. The second kappa shape index (κ2) is 8.86. The third-order valence-electron chi connectivity index (χ3n) is 9.95. The summed E-state index contributed by atoms with van der Waals surface area (Å²) in [6.07, 6.45) is 0. The number of halogens is 4. The van der Waals surface area contributed by atoms with Gasteiger partial charge in [-0.3, -0.25) is 37.6 Å². The molecule has 0 unspecified atom stereocenters. The highest BCUT2D eigenvalue weighted by Gasteiger charge is 2.29. The van der Waals surface area contributed by atoms with Crippen LogP contribution in [0.2, 0.25) is 0 Å². The van der Waals surface area contributed by atoms with Crippen LogP contribution in [0.4, 0.5) is 17.6 Å². The van der Waals surface area contributed by atoms with Gasteiger partial charge in [0.2, 0.25) is 0 Å². The van der Waals surface area contributed by atoms with Crippen molar-refractivity contribution in [1.82, 2.24) is 28.1 Å². The Morgan fingerprint density at radius 1 is 0.442 bits per heavy atom. The second-order valence-electron chi connectivity index (χ2n) is 12.5. The van der Waals surface area contributed by atoms with Gasteiger partial charge in [0.15, 0.2) is 23.3 Å². The number of hydrogen-bond donors (Lipinski definition) is 0. The Morgan fingerprint density at radius 3 is 1.44 bits per heavy atom. The fourth-order valence-corrected chi connectivity index (χ4v) is 7.58. The third-order valence-corrected chi connectivity index (χ3v) is 9.95. The summed E-state index contributed by atoms with van der Waals surface area (Å²) in [6.45, 7) is 0. The fourth-order valence-electron chi connectivity index (χ4n) is 7.58. The summed E-state index contributed by atoms with van der Waals surface area (Å²) in [6, 6.07) is 15.6.